The number of carbonyl (C=O) groups excluding carboxylic acids is 1. The molecule has 0 saturated heterocycles. The Balaban J connectivity index is 1.38. The third-order valence-corrected chi connectivity index (χ3v) is 5.08. The van der Waals surface area contributed by atoms with Gasteiger partial charge in [0.2, 0.25) is 5.91 Å². The normalized spacial score (nSPS) is 14.9. The molecule has 4 nitrogen and oxygen atoms in total. The van der Waals surface area contributed by atoms with Gasteiger partial charge in [0.15, 0.2) is 0 Å². The van der Waals surface area contributed by atoms with Gasteiger partial charge in [-0.3, -0.25) is 4.79 Å². The molecule has 25 heavy (non-hydrogen) atoms. The molecular formula is C21H23N3O. The zero-order valence-electron chi connectivity index (χ0n) is 14.3. The Morgan fingerprint density at radius 1 is 1.12 bits per heavy atom. The van der Waals surface area contributed by atoms with E-state index in [1.165, 1.54) is 25.7 Å². The van der Waals surface area contributed by atoms with Crippen LogP contribution in [0.1, 0.15) is 38.5 Å². The van der Waals surface area contributed by atoms with E-state index in [1.807, 2.05) is 59.3 Å². The molecule has 1 N–H and O–H groups in total. The number of amides is 1. The van der Waals surface area contributed by atoms with Gasteiger partial charge in [0.25, 0.3) is 0 Å². The summed E-state index contributed by atoms with van der Waals surface area (Å²) in [5.41, 5.74) is 3.77. The van der Waals surface area contributed by atoms with Crippen LogP contribution in [-0.4, -0.2) is 15.3 Å². The number of hydrogen-bond donors (Lipinski definition) is 1. The van der Waals surface area contributed by atoms with E-state index in [0.29, 0.717) is 6.42 Å². The predicted octanol–water partition coefficient (Wildman–Crippen LogP) is 4.91. The highest BCUT2D eigenvalue weighted by atomic mass is 16.1. The highest BCUT2D eigenvalue weighted by Crippen LogP contribution is 2.28. The Kier molecular flexibility index (Phi) is 4.51. The molecule has 4 rings (SSSR count). The average Bonchev–Trinajstić information content (AvgIpc) is 3.30. The first-order chi connectivity index (χ1) is 12.3. The van der Waals surface area contributed by atoms with Crippen molar-refractivity contribution < 1.29 is 4.79 Å². The van der Waals surface area contributed by atoms with Gasteiger partial charge >= 0.3 is 0 Å². The molecule has 1 saturated carbocycles. The maximum atomic E-state index is 12.1. The summed E-state index contributed by atoms with van der Waals surface area (Å²) in [5.74, 6) is 0.871. The minimum Gasteiger partial charge on any atom is -0.326 e. The standard InChI is InChI=1S/C21H23N3O/c25-21(13-8-16-5-1-2-6-16)22-18-11-9-17(10-12-18)19-15-24-14-4-3-7-20(24)23-19/h3-4,7,9-12,14-16H,1-2,5-6,8,13H2,(H,22,25). The molecule has 1 amide bonds. The van der Waals surface area contributed by atoms with Crippen molar-refractivity contribution in [1.82, 2.24) is 9.38 Å². The van der Waals surface area contributed by atoms with E-state index in [9.17, 15) is 4.79 Å². The fourth-order valence-electron chi connectivity index (χ4n) is 3.66. The van der Waals surface area contributed by atoms with Crippen molar-refractivity contribution in [3.63, 3.8) is 0 Å². The summed E-state index contributed by atoms with van der Waals surface area (Å²) in [6.45, 7) is 0. The average molecular weight is 333 g/mol. The topological polar surface area (TPSA) is 46.4 Å². The van der Waals surface area contributed by atoms with Gasteiger partial charge in [-0.15, -0.1) is 0 Å². The number of anilines is 1. The van der Waals surface area contributed by atoms with Gasteiger partial charge < -0.3 is 9.72 Å². The van der Waals surface area contributed by atoms with Crippen molar-refractivity contribution in [2.45, 2.75) is 38.5 Å². The van der Waals surface area contributed by atoms with E-state index in [2.05, 4.69) is 10.3 Å². The largest absolute Gasteiger partial charge is 0.326 e. The second-order valence-corrected chi connectivity index (χ2v) is 6.91. The lowest BCUT2D eigenvalue weighted by atomic mass is 10.0. The molecule has 0 bridgehead atoms. The van der Waals surface area contributed by atoms with Crippen molar-refractivity contribution in [1.29, 1.82) is 0 Å². The molecular weight excluding hydrogens is 310 g/mol. The molecule has 0 atom stereocenters. The first-order valence-electron chi connectivity index (χ1n) is 9.12. The number of nitrogens with zero attached hydrogens (tertiary/aromatic N) is 2. The fourth-order valence-corrected chi connectivity index (χ4v) is 3.66. The molecule has 0 radical (unpaired) electrons. The lowest BCUT2D eigenvalue weighted by Crippen LogP contribution is -2.12. The molecule has 0 unspecified atom stereocenters. The number of pyridine rings is 1. The number of imidazole rings is 1. The second kappa shape index (κ2) is 7.09. The van der Waals surface area contributed by atoms with Crippen LogP contribution in [0, 0.1) is 5.92 Å². The molecule has 1 aromatic carbocycles. The van der Waals surface area contributed by atoms with Crippen LogP contribution in [0.5, 0.6) is 0 Å². The Morgan fingerprint density at radius 2 is 1.92 bits per heavy atom. The summed E-state index contributed by atoms with van der Waals surface area (Å²) in [7, 11) is 0. The lowest BCUT2D eigenvalue weighted by Gasteiger charge is -2.09. The summed E-state index contributed by atoms with van der Waals surface area (Å²) in [5, 5.41) is 3.01. The quantitative estimate of drug-likeness (QED) is 0.721. The SMILES string of the molecule is O=C(CCC1CCCC1)Nc1ccc(-c2cn3ccccc3n2)cc1. The molecule has 2 aromatic heterocycles. The van der Waals surface area contributed by atoms with Crippen molar-refractivity contribution in [3.8, 4) is 11.3 Å². The van der Waals surface area contributed by atoms with Gasteiger partial charge in [-0.05, 0) is 36.6 Å². The lowest BCUT2D eigenvalue weighted by molar-refractivity contribution is -0.116. The number of benzene rings is 1. The summed E-state index contributed by atoms with van der Waals surface area (Å²) < 4.78 is 2.01. The summed E-state index contributed by atoms with van der Waals surface area (Å²) in [6.07, 6.45) is 10.9. The first kappa shape index (κ1) is 15.9. The summed E-state index contributed by atoms with van der Waals surface area (Å²) >= 11 is 0. The van der Waals surface area contributed by atoms with Crippen molar-refractivity contribution in [2.75, 3.05) is 5.32 Å². The van der Waals surface area contributed by atoms with E-state index >= 15 is 0 Å². The van der Waals surface area contributed by atoms with Gasteiger partial charge in [-0.2, -0.15) is 0 Å². The van der Waals surface area contributed by atoms with Gasteiger partial charge in [0.1, 0.15) is 5.65 Å². The Hall–Kier alpha value is -2.62. The Morgan fingerprint density at radius 3 is 2.68 bits per heavy atom. The van der Waals surface area contributed by atoms with Gasteiger partial charge in [0, 0.05) is 30.1 Å². The highest BCUT2D eigenvalue weighted by Gasteiger charge is 2.16. The van der Waals surface area contributed by atoms with Crippen LogP contribution in [0.4, 0.5) is 5.69 Å². The van der Waals surface area contributed by atoms with Crippen LogP contribution in [0.25, 0.3) is 16.9 Å². The maximum Gasteiger partial charge on any atom is 0.224 e. The predicted molar refractivity (Wildman–Crippen MR) is 100 cm³/mol. The van der Waals surface area contributed by atoms with E-state index in [1.54, 1.807) is 0 Å². The van der Waals surface area contributed by atoms with Crippen LogP contribution in [0.2, 0.25) is 0 Å². The monoisotopic (exact) mass is 333 g/mol. The van der Waals surface area contributed by atoms with Crippen LogP contribution in [0.3, 0.4) is 0 Å². The van der Waals surface area contributed by atoms with Gasteiger partial charge in [0.05, 0.1) is 5.69 Å². The molecule has 0 aliphatic heterocycles. The molecule has 4 heteroatoms. The molecule has 2 heterocycles. The van der Waals surface area contributed by atoms with Crippen molar-refractivity contribution in [3.05, 3.63) is 54.9 Å². The number of carbonyl (C=O) groups is 1. The third kappa shape index (κ3) is 3.73. The van der Waals surface area contributed by atoms with E-state index in [0.717, 1.165) is 34.9 Å². The van der Waals surface area contributed by atoms with Gasteiger partial charge in [-0.1, -0.05) is 43.9 Å². The molecule has 1 aliphatic rings. The van der Waals surface area contributed by atoms with Gasteiger partial charge in [-0.25, -0.2) is 4.98 Å². The highest BCUT2D eigenvalue weighted by molar-refractivity contribution is 5.90. The zero-order valence-corrected chi connectivity index (χ0v) is 14.3. The van der Waals surface area contributed by atoms with E-state index < -0.39 is 0 Å². The zero-order chi connectivity index (χ0) is 17.1. The van der Waals surface area contributed by atoms with Crippen molar-refractivity contribution >= 4 is 17.2 Å². The summed E-state index contributed by atoms with van der Waals surface area (Å²) in [6, 6.07) is 13.9. The third-order valence-electron chi connectivity index (χ3n) is 5.08. The summed E-state index contributed by atoms with van der Waals surface area (Å²) in [4.78, 5) is 16.7. The Labute approximate surface area is 147 Å². The second-order valence-electron chi connectivity index (χ2n) is 6.91. The first-order valence-corrected chi connectivity index (χ1v) is 9.12. The fraction of sp³-hybridized carbons (Fsp3) is 0.333. The Bertz CT molecular complexity index is 827. The minimum atomic E-state index is 0.118. The van der Waals surface area contributed by atoms with Crippen LogP contribution >= 0.6 is 0 Å². The molecule has 128 valence electrons. The van der Waals surface area contributed by atoms with Crippen LogP contribution in [0.15, 0.2) is 54.9 Å². The smallest absolute Gasteiger partial charge is 0.224 e. The van der Waals surface area contributed by atoms with E-state index in [-0.39, 0.29) is 5.91 Å². The maximum absolute atomic E-state index is 12.1. The van der Waals surface area contributed by atoms with Crippen LogP contribution in [-0.2, 0) is 4.79 Å². The molecule has 0 spiro atoms. The number of fused-ring (bicyclic) bond motifs is 1. The number of nitrogens with one attached hydrogen (secondary N) is 1. The molecule has 3 aromatic rings. The number of aromatic nitrogens is 2. The minimum absolute atomic E-state index is 0.118. The molecule has 1 aliphatic carbocycles. The number of rotatable bonds is 5. The van der Waals surface area contributed by atoms with Crippen LogP contribution < -0.4 is 5.32 Å². The number of hydrogen-bond acceptors (Lipinski definition) is 2. The van der Waals surface area contributed by atoms with E-state index in [4.69, 9.17) is 0 Å². The van der Waals surface area contributed by atoms with Crippen molar-refractivity contribution in [2.24, 2.45) is 5.92 Å². The molecule has 1 fully saturated rings.